The maximum Gasteiger partial charge on any atom is 0.340 e. The lowest BCUT2D eigenvalue weighted by Gasteiger charge is -2.04. The standard InChI is InChI=1S/C12H15N3O3S/c1-9(2)15-8-13-12(14-15)18-10-5-4-6-11(7-10)19(3,16)17/h4-9H,1-3H3. The first-order valence-corrected chi connectivity index (χ1v) is 7.64. The Labute approximate surface area is 112 Å². The van der Waals surface area contributed by atoms with E-state index < -0.39 is 9.84 Å². The van der Waals surface area contributed by atoms with E-state index in [9.17, 15) is 8.42 Å². The van der Waals surface area contributed by atoms with Gasteiger partial charge in [0.2, 0.25) is 0 Å². The van der Waals surface area contributed by atoms with Crippen molar-refractivity contribution in [2.24, 2.45) is 0 Å². The Morgan fingerprint density at radius 1 is 1.32 bits per heavy atom. The average Bonchev–Trinajstić information content (AvgIpc) is 2.77. The summed E-state index contributed by atoms with van der Waals surface area (Å²) in [6.45, 7) is 3.95. The fourth-order valence-electron chi connectivity index (χ4n) is 1.43. The van der Waals surface area contributed by atoms with Gasteiger partial charge in [-0.1, -0.05) is 6.07 Å². The van der Waals surface area contributed by atoms with Crippen LogP contribution in [0.15, 0.2) is 35.5 Å². The van der Waals surface area contributed by atoms with Crippen molar-refractivity contribution in [2.45, 2.75) is 24.8 Å². The highest BCUT2D eigenvalue weighted by molar-refractivity contribution is 7.90. The number of hydrogen-bond acceptors (Lipinski definition) is 5. The topological polar surface area (TPSA) is 74.1 Å². The maximum atomic E-state index is 11.4. The highest BCUT2D eigenvalue weighted by atomic mass is 32.2. The van der Waals surface area contributed by atoms with Crippen molar-refractivity contribution < 1.29 is 13.2 Å². The minimum Gasteiger partial charge on any atom is -0.423 e. The van der Waals surface area contributed by atoms with E-state index in [0.29, 0.717) is 5.75 Å². The van der Waals surface area contributed by atoms with Crippen molar-refractivity contribution in [2.75, 3.05) is 6.26 Å². The van der Waals surface area contributed by atoms with Gasteiger partial charge in [0.15, 0.2) is 9.84 Å². The van der Waals surface area contributed by atoms with Gasteiger partial charge in [0, 0.05) is 12.3 Å². The van der Waals surface area contributed by atoms with E-state index in [1.807, 2.05) is 13.8 Å². The van der Waals surface area contributed by atoms with Crippen molar-refractivity contribution in [1.82, 2.24) is 14.8 Å². The molecular weight excluding hydrogens is 266 g/mol. The monoisotopic (exact) mass is 281 g/mol. The van der Waals surface area contributed by atoms with Crippen LogP contribution in [0.5, 0.6) is 11.8 Å². The predicted octanol–water partition coefficient (Wildman–Crippen LogP) is 2.05. The number of rotatable bonds is 4. The van der Waals surface area contributed by atoms with E-state index in [0.717, 1.165) is 6.26 Å². The van der Waals surface area contributed by atoms with Crippen LogP contribution in [0.25, 0.3) is 0 Å². The van der Waals surface area contributed by atoms with Gasteiger partial charge < -0.3 is 4.74 Å². The molecule has 0 unspecified atom stereocenters. The highest BCUT2D eigenvalue weighted by Crippen LogP contribution is 2.21. The molecule has 2 rings (SSSR count). The number of nitrogens with zero attached hydrogens (tertiary/aromatic N) is 3. The van der Waals surface area contributed by atoms with Crippen LogP contribution in [-0.2, 0) is 9.84 Å². The second-order valence-corrected chi connectivity index (χ2v) is 6.47. The Kier molecular flexibility index (Phi) is 3.57. The first kappa shape index (κ1) is 13.5. The quantitative estimate of drug-likeness (QED) is 0.857. The van der Waals surface area contributed by atoms with Gasteiger partial charge in [-0.3, -0.25) is 0 Å². The molecular formula is C12H15N3O3S. The summed E-state index contributed by atoms with van der Waals surface area (Å²) < 4.78 is 30.0. The first-order valence-electron chi connectivity index (χ1n) is 5.75. The average molecular weight is 281 g/mol. The van der Waals surface area contributed by atoms with Crippen molar-refractivity contribution in [3.63, 3.8) is 0 Å². The molecule has 2 aromatic rings. The Morgan fingerprint density at radius 3 is 2.63 bits per heavy atom. The smallest absolute Gasteiger partial charge is 0.340 e. The van der Waals surface area contributed by atoms with Gasteiger partial charge in [-0.2, -0.15) is 4.98 Å². The summed E-state index contributed by atoms with van der Waals surface area (Å²) >= 11 is 0. The Hall–Kier alpha value is -1.89. The van der Waals surface area contributed by atoms with Gasteiger partial charge in [-0.05, 0) is 32.0 Å². The third-order valence-electron chi connectivity index (χ3n) is 2.46. The van der Waals surface area contributed by atoms with E-state index in [2.05, 4.69) is 10.1 Å². The second kappa shape index (κ2) is 5.00. The number of aromatic nitrogens is 3. The molecule has 1 aromatic carbocycles. The van der Waals surface area contributed by atoms with Crippen molar-refractivity contribution in [1.29, 1.82) is 0 Å². The zero-order valence-corrected chi connectivity index (χ0v) is 11.8. The fraction of sp³-hybridized carbons (Fsp3) is 0.333. The lowest BCUT2D eigenvalue weighted by Crippen LogP contribution is -2.01. The van der Waals surface area contributed by atoms with E-state index >= 15 is 0 Å². The van der Waals surface area contributed by atoms with Crippen molar-refractivity contribution in [3.8, 4) is 11.8 Å². The molecule has 0 amide bonds. The van der Waals surface area contributed by atoms with Crippen molar-refractivity contribution in [3.05, 3.63) is 30.6 Å². The van der Waals surface area contributed by atoms with Gasteiger partial charge in [0.25, 0.3) is 0 Å². The maximum absolute atomic E-state index is 11.4. The molecule has 19 heavy (non-hydrogen) atoms. The third kappa shape index (κ3) is 3.31. The fourth-order valence-corrected chi connectivity index (χ4v) is 2.08. The van der Waals surface area contributed by atoms with Crippen LogP contribution >= 0.6 is 0 Å². The SMILES string of the molecule is CC(C)n1cnc(Oc2cccc(S(C)(=O)=O)c2)n1. The van der Waals surface area contributed by atoms with Gasteiger partial charge >= 0.3 is 6.01 Å². The van der Waals surface area contributed by atoms with E-state index in [1.165, 1.54) is 12.1 Å². The van der Waals surface area contributed by atoms with Crippen LogP contribution in [0.1, 0.15) is 19.9 Å². The van der Waals surface area contributed by atoms with E-state index in [1.54, 1.807) is 23.1 Å². The van der Waals surface area contributed by atoms with Gasteiger partial charge in [-0.15, -0.1) is 5.10 Å². The van der Waals surface area contributed by atoms with Crippen molar-refractivity contribution >= 4 is 9.84 Å². The van der Waals surface area contributed by atoms with Gasteiger partial charge in [-0.25, -0.2) is 13.1 Å². The van der Waals surface area contributed by atoms with Crippen LogP contribution in [-0.4, -0.2) is 29.4 Å². The number of ether oxygens (including phenoxy) is 1. The highest BCUT2D eigenvalue weighted by Gasteiger charge is 2.10. The molecule has 1 aromatic heterocycles. The Morgan fingerprint density at radius 2 is 2.05 bits per heavy atom. The molecule has 0 aliphatic carbocycles. The molecule has 0 aliphatic heterocycles. The first-order chi connectivity index (χ1) is 8.86. The van der Waals surface area contributed by atoms with Gasteiger partial charge in [0.05, 0.1) is 4.90 Å². The third-order valence-corrected chi connectivity index (χ3v) is 3.57. The minimum atomic E-state index is -3.25. The number of sulfone groups is 1. The summed E-state index contributed by atoms with van der Waals surface area (Å²) in [5.41, 5.74) is 0. The number of benzene rings is 1. The Balaban J connectivity index is 2.23. The summed E-state index contributed by atoms with van der Waals surface area (Å²) in [5, 5.41) is 4.13. The lowest BCUT2D eigenvalue weighted by atomic mass is 10.3. The molecule has 0 bridgehead atoms. The zero-order valence-electron chi connectivity index (χ0n) is 10.9. The molecule has 102 valence electrons. The van der Waals surface area contributed by atoms with Crippen LogP contribution in [0.4, 0.5) is 0 Å². The molecule has 0 atom stereocenters. The summed E-state index contributed by atoms with van der Waals surface area (Å²) in [4.78, 5) is 4.21. The largest absolute Gasteiger partial charge is 0.423 e. The molecule has 1 heterocycles. The zero-order chi connectivity index (χ0) is 14.0. The Bertz CT molecular complexity index is 677. The molecule has 0 N–H and O–H groups in total. The summed E-state index contributed by atoms with van der Waals surface area (Å²) in [6.07, 6.45) is 2.72. The van der Waals surface area contributed by atoms with Crippen LogP contribution in [0.3, 0.4) is 0 Å². The summed E-state index contributed by atoms with van der Waals surface area (Å²) in [6, 6.07) is 6.62. The van der Waals surface area contributed by atoms with E-state index in [-0.39, 0.29) is 16.9 Å². The van der Waals surface area contributed by atoms with Crippen LogP contribution in [0, 0.1) is 0 Å². The molecule has 6 nitrogen and oxygen atoms in total. The van der Waals surface area contributed by atoms with E-state index in [4.69, 9.17) is 4.74 Å². The molecule has 0 radical (unpaired) electrons. The molecule has 0 spiro atoms. The normalized spacial score (nSPS) is 11.8. The second-order valence-electron chi connectivity index (χ2n) is 4.45. The number of hydrogen-bond donors (Lipinski definition) is 0. The lowest BCUT2D eigenvalue weighted by molar-refractivity contribution is 0.425. The molecule has 7 heteroatoms. The molecule has 0 saturated heterocycles. The van der Waals surface area contributed by atoms with Gasteiger partial charge in [0.1, 0.15) is 12.1 Å². The van der Waals surface area contributed by atoms with Crippen LogP contribution in [0.2, 0.25) is 0 Å². The molecule has 0 aliphatic rings. The predicted molar refractivity (Wildman–Crippen MR) is 70.0 cm³/mol. The summed E-state index contributed by atoms with van der Waals surface area (Å²) in [5.74, 6) is 0.393. The van der Waals surface area contributed by atoms with Crippen LogP contribution < -0.4 is 4.74 Å². The molecule has 0 saturated carbocycles. The molecule has 0 fully saturated rings. The minimum absolute atomic E-state index is 0.187. The summed E-state index contributed by atoms with van der Waals surface area (Å²) in [7, 11) is -3.25.